The molecule has 0 saturated carbocycles. The molecular formula is C12H14N4O. The van der Waals surface area contributed by atoms with Crippen LogP contribution >= 0.6 is 0 Å². The van der Waals surface area contributed by atoms with E-state index in [9.17, 15) is 0 Å². The monoisotopic (exact) mass is 230 g/mol. The van der Waals surface area contributed by atoms with Crippen LogP contribution in [0.3, 0.4) is 0 Å². The maximum Gasteiger partial charge on any atom is 0.229 e. The molecule has 2 rings (SSSR count). The zero-order chi connectivity index (χ0) is 12.1. The van der Waals surface area contributed by atoms with Gasteiger partial charge in [-0.1, -0.05) is 0 Å². The van der Waals surface area contributed by atoms with Gasteiger partial charge in [0.2, 0.25) is 5.95 Å². The largest absolute Gasteiger partial charge is 0.494 e. The van der Waals surface area contributed by atoms with Crippen molar-refractivity contribution in [3.05, 3.63) is 36.5 Å². The van der Waals surface area contributed by atoms with Crippen molar-refractivity contribution < 1.29 is 4.74 Å². The molecular weight excluding hydrogens is 216 g/mol. The van der Waals surface area contributed by atoms with Gasteiger partial charge in [0.05, 0.1) is 6.61 Å². The molecule has 0 radical (unpaired) electrons. The van der Waals surface area contributed by atoms with Crippen molar-refractivity contribution in [1.82, 2.24) is 9.97 Å². The van der Waals surface area contributed by atoms with Crippen molar-refractivity contribution in [3.8, 4) is 5.75 Å². The summed E-state index contributed by atoms with van der Waals surface area (Å²) in [6.07, 6.45) is 1.61. The molecule has 0 bridgehead atoms. The molecule has 88 valence electrons. The van der Waals surface area contributed by atoms with Crippen molar-refractivity contribution in [3.63, 3.8) is 0 Å². The molecule has 5 nitrogen and oxygen atoms in total. The Morgan fingerprint density at radius 1 is 1.24 bits per heavy atom. The Labute approximate surface area is 99.7 Å². The molecule has 0 unspecified atom stereocenters. The predicted octanol–water partition coefficient (Wildman–Crippen LogP) is 2.20. The highest BCUT2D eigenvalue weighted by molar-refractivity contribution is 5.55. The van der Waals surface area contributed by atoms with E-state index in [1.165, 1.54) is 0 Å². The molecule has 0 saturated heterocycles. The highest BCUT2D eigenvalue weighted by Gasteiger charge is 1.98. The number of hydrogen-bond donors (Lipinski definition) is 2. The average molecular weight is 230 g/mol. The van der Waals surface area contributed by atoms with Gasteiger partial charge >= 0.3 is 0 Å². The van der Waals surface area contributed by atoms with Crippen LogP contribution < -0.4 is 15.8 Å². The normalized spacial score (nSPS) is 9.94. The number of nitrogens with one attached hydrogen (secondary N) is 1. The fraction of sp³-hybridized carbons (Fsp3) is 0.167. The van der Waals surface area contributed by atoms with Gasteiger partial charge in [0.1, 0.15) is 11.6 Å². The summed E-state index contributed by atoms with van der Waals surface area (Å²) in [5, 5.41) is 3.06. The van der Waals surface area contributed by atoms with E-state index in [0.717, 1.165) is 11.4 Å². The highest BCUT2D eigenvalue weighted by Crippen LogP contribution is 2.18. The van der Waals surface area contributed by atoms with E-state index in [4.69, 9.17) is 10.5 Å². The van der Waals surface area contributed by atoms with Crippen LogP contribution in [0.1, 0.15) is 6.92 Å². The second-order valence-electron chi connectivity index (χ2n) is 3.39. The van der Waals surface area contributed by atoms with Crippen LogP contribution in [0.2, 0.25) is 0 Å². The topological polar surface area (TPSA) is 73.1 Å². The third-order valence-electron chi connectivity index (χ3n) is 2.10. The zero-order valence-corrected chi connectivity index (χ0v) is 9.55. The number of nitrogen functional groups attached to an aromatic ring is 1. The number of nitrogens with zero attached hydrogens (tertiary/aromatic N) is 2. The van der Waals surface area contributed by atoms with Crippen LogP contribution in [0.5, 0.6) is 5.75 Å². The number of anilines is 3. The van der Waals surface area contributed by atoms with Gasteiger partial charge in [-0.3, -0.25) is 0 Å². The Balaban J connectivity index is 2.08. The number of hydrogen-bond acceptors (Lipinski definition) is 5. The smallest absolute Gasteiger partial charge is 0.229 e. The third kappa shape index (κ3) is 3.07. The number of benzene rings is 1. The van der Waals surface area contributed by atoms with Crippen molar-refractivity contribution in [1.29, 1.82) is 0 Å². The lowest BCUT2D eigenvalue weighted by Crippen LogP contribution is -1.99. The minimum atomic E-state index is 0.438. The molecule has 2 aromatic rings. The Morgan fingerprint density at radius 3 is 2.65 bits per heavy atom. The molecule has 0 aliphatic rings. The van der Waals surface area contributed by atoms with E-state index in [2.05, 4.69) is 15.3 Å². The van der Waals surface area contributed by atoms with Crippen LogP contribution in [0.15, 0.2) is 36.5 Å². The first-order valence-corrected chi connectivity index (χ1v) is 5.36. The molecule has 1 aromatic carbocycles. The Morgan fingerprint density at radius 2 is 2.00 bits per heavy atom. The zero-order valence-electron chi connectivity index (χ0n) is 9.55. The minimum Gasteiger partial charge on any atom is -0.494 e. The fourth-order valence-corrected chi connectivity index (χ4v) is 1.36. The highest BCUT2D eigenvalue weighted by atomic mass is 16.5. The maximum atomic E-state index is 5.56. The molecule has 1 aromatic heterocycles. The van der Waals surface area contributed by atoms with Crippen LogP contribution in [0.25, 0.3) is 0 Å². The summed E-state index contributed by atoms with van der Waals surface area (Å²) in [6, 6.07) is 9.22. The second kappa shape index (κ2) is 5.16. The summed E-state index contributed by atoms with van der Waals surface area (Å²) in [6.45, 7) is 2.61. The minimum absolute atomic E-state index is 0.438. The molecule has 5 heteroatoms. The van der Waals surface area contributed by atoms with Gasteiger partial charge in [0, 0.05) is 11.9 Å². The summed E-state index contributed by atoms with van der Waals surface area (Å²) < 4.78 is 5.35. The molecule has 3 N–H and O–H groups in total. The first-order chi connectivity index (χ1) is 8.28. The lowest BCUT2D eigenvalue weighted by Gasteiger charge is -2.06. The lowest BCUT2D eigenvalue weighted by atomic mass is 10.3. The van der Waals surface area contributed by atoms with Gasteiger partial charge in [-0.25, -0.2) is 4.98 Å². The van der Waals surface area contributed by atoms with Gasteiger partial charge < -0.3 is 15.8 Å². The van der Waals surface area contributed by atoms with Crippen molar-refractivity contribution in [2.24, 2.45) is 0 Å². The van der Waals surface area contributed by atoms with E-state index >= 15 is 0 Å². The molecule has 0 amide bonds. The van der Waals surface area contributed by atoms with Gasteiger partial charge in [-0.05, 0) is 37.3 Å². The number of nitrogens with two attached hydrogens (primary N) is 1. The van der Waals surface area contributed by atoms with E-state index in [0.29, 0.717) is 18.4 Å². The average Bonchev–Trinajstić information content (AvgIpc) is 2.32. The van der Waals surface area contributed by atoms with Crippen molar-refractivity contribution in [2.75, 3.05) is 17.7 Å². The fourth-order valence-electron chi connectivity index (χ4n) is 1.36. The predicted molar refractivity (Wildman–Crippen MR) is 67.3 cm³/mol. The molecule has 17 heavy (non-hydrogen) atoms. The first kappa shape index (κ1) is 11.2. The standard InChI is InChI=1S/C12H14N4O/c1-2-17-10-5-3-9(4-6-10)15-12-14-8-7-11(13)16-12/h3-8H,2H2,1H3,(H3,13,14,15,16). The summed E-state index contributed by atoms with van der Waals surface area (Å²) in [5.41, 5.74) is 6.45. The van der Waals surface area contributed by atoms with Gasteiger partial charge in [-0.2, -0.15) is 4.98 Å². The van der Waals surface area contributed by atoms with E-state index < -0.39 is 0 Å². The Kier molecular flexibility index (Phi) is 3.40. The van der Waals surface area contributed by atoms with Crippen LogP contribution in [0, 0.1) is 0 Å². The quantitative estimate of drug-likeness (QED) is 0.842. The van der Waals surface area contributed by atoms with E-state index in [1.54, 1.807) is 12.3 Å². The SMILES string of the molecule is CCOc1ccc(Nc2nccc(N)n2)cc1. The van der Waals surface area contributed by atoms with E-state index in [1.807, 2.05) is 31.2 Å². The van der Waals surface area contributed by atoms with Gasteiger partial charge in [0.25, 0.3) is 0 Å². The van der Waals surface area contributed by atoms with Crippen molar-refractivity contribution >= 4 is 17.5 Å². The van der Waals surface area contributed by atoms with Gasteiger partial charge in [0.15, 0.2) is 0 Å². The third-order valence-corrected chi connectivity index (χ3v) is 2.10. The number of aromatic nitrogens is 2. The summed E-state index contributed by atoms with van der Waals surface area (Å²) in [7, 11) is 0. The molecule has 0 aliphatic carbocycles. The first-order valence-electron chi connectivity index (χ1n) is 5.36. The van der Waals surface area contributed by atoms with E-state index in [-0.39, 0.29) is 0 Å². The van der Waals surface area contributed by atoms with Crippen molar-refractivity contribution in [2.45, 2.75) is 6.92 Å². The Hall–Kier alpha value is -2.30. The number of rotatable bonds is 4. The van der Waals surface area contributed by atoms with Crippen LogP contribution in [0.4, 0.5) is 17.5 Å². The maximum absolute atomic E-state index is 5.56. The number of ether oxygens (including phenoxy) is 1. The lowest BCUT2D eigenvalue weighted by molar-refractivity contribution is 0.340. The molecule has 0 aliphatic heterocycles. The summed E-state index contributed by atoms with van der Waals surface area (Å²) >= 11 is 0. The molecule has 0 fully saturated rings. The molecule has 0 atom stereocenters. The second-order valence-corrected chi connectivity index (χ2v) is 3.39. The summed E-state index contributed by atoms with van der Waals surface area (Å²) in [5.74, 6) is 1.76. The van der Waals surface area contributed by atoms with Gasteiger partial charge in [-0.15, -0.1) is 0 Å². The van der Waals surface area contributed by atoms with Crippen LogP contribution in [-0.2, 0) is 0 Å². The van der Waals surface area contributed by atoms with Crippen LogP contribution in [-0.4, -0.2) is 16.6 Å². The molecule has 0 spiro atoms. The Bertz CT molecular complexity index is 484. The molecule has 1 heterocycles. The summed E-state index contributed by atoms with van der Waals surface area (Å²) in [4.78, 5) is 8.11.